The molecule has 0 N–H and O–H groups in total. The monoisotopic (exact) mass is 295 g/mol. The lowest BCUT2D eigenvalue weighted by atomic mass is 9.96. The van der Waals surface area contributed by atoms with E-state index in [2.05, 4.69) is 5.10 Å². The molecule has 2 heterocycles. The first-order valence-electron chi connectivity index (χ1n) is 7.10. The predicted octanol–water partition coefficient (Wildman–Crippen LogP) is 0.844. The lowest BCUT2D eigenvalue weighted by Gasteiger charge is -2.30. The summed E-state index contributed by atoms with van der Waals surface area (Å²) in [4.78, 5) is 25.9. The van der Waals surface area contributed by atoms with Gasteiger partial charge < -0.3 is 14.4 Å². The summed E-state index contributed by atoms with van der Waals surface area (Å²) in [6.07, 6.45) is 2.92. The number of rotatable bonds is 4. The van der Waals surface area contributed by atoms with Crippen molar-refractivity contribution in [1.82, 2.24) is 14.7 Å². The molecule has 0 aliphatic carbocycles. The van der Waals surface area contributed by atoms with Gasteiger partial charge in [0.05, 0.1) is 19.6 Å². The van der Waals surface area contributed by atoms with Crippen LogP contribution in [0.15, 0.2) is 6.20 Å². The fourth-order valence-electron chi connectivity index (χ4n) is 2.51. The molecule has 0 aromatic carbocycles. The van der Waals surface area contributed by atoms with Crippen LogP contribution in [0.3, 0.4) is 0 Å². The molecule has 0 saturated carbocycles. The first-order valence-corrected chi connectivity index (χ1v) is 7.10. The zero-order valence-electron chi connectivity index (χ0n) is 12.7. The topological polar surface area (TPSA) is 73.7 Å². The highest BCUT2D eigenvalue weighted by Crippen LogP contribution is 2.23. The summed E-state index contributed by atoms with van der Waals surface area (Å²) in [6, 6.07) is 0. The third-order valence-electron chi connectivity index (χ3n) is 3.62. The summed E-state index contributed by atoms with van der Waals surface area (Å²) < 4.78 is 11.7. The van der Waals surface area contributed by atoms with Crippen molar-refractivity contribution in [3.63, 3.8) is 0 Å². The number of aryl methyl sites for hydroxylation is 1. The highest BCUT2D eigenvalue weighted by molar-refractivity contribution is 5.96. The third-order valence-corrected chi connectivity index (χ3v) is 3.62. The molecule has 7 heteroatoms. The standard InChI is InChI=1S/C14H21N3O4/c1-4-21-14(19)10-5-7-17(8-6-10)13(18)11-9-16(2)15-12(11)20-3/h9-10H,4-8H2,1-3H3. The Morgan fingerprint density at radius 1 is 1.38 bits per heavy atom. The average Bonchev–Trinajstić information content (AvgIpc) is 2.88. The van der Waals surface area contributed by atoms with Crippen LogP contribution in [-0.2, 0) is 16.6 Å². The normalized spacial score (nSPS) is 15.9. The number of hydrogen-bond acceptors (Lipinski definition) is 5. The van der Waals surface area contributed by atoms with Gasteiger partial charge in [-0.1, -0.05) is 0 Å². The molecular weight excluding hydrogens is 274 g/mol. The average molecular weight is 295 g/mol. The second-order valence-electron chi connectivity index (χ2n) is 5.04. The van der Waals surface area contributed by atoms with Gasteiger partial charge in [0.1, 0.15) is 5.56 Å². The Hall–Kier alpha value is -2.05. The van der Waals surface area contributed by atoms with Gasteiger partial charge in [-0.25, -0.2) is 0 Å². The van der Waals surface area contributed by atoms with Crippen molar-refractivity contribution in [2.45, 2.75) is 19.8 Å². The lowest BCUT2D eigenvalue weighted by Crippen LogP contribution is -2.40. The van der Waals surface area contributed by atoms with Gasteiger partial charge >= 0.3 is 5.97 Å². The Morgan fingerprint density at radius 2 is 2.05 bits per heavy atom. The minimum absolute atomic E-state index is 0.107. The van der Waals surface area contributed by atoms with E-state index < -0.39 is 0 Å². The molecule has 116 valence electrons. The zero-order chi connectivity index (χ0) is 15.4. The Balaban J connectivity index is 1.98. The van der Waals surface area contributed by atoms with Gasteiger partial charge in [0.25, 0.3) is 5.91 Å². The van der Waals surface area contributed by atoms with E-state index >= 15 is 0 Å². The maximum absolute atomic E-state index is 12.5. The van der Waals surface area contributed by atoms with Crippen LogP contribution in [0.4, 0.5) is 0 Å². The van der Waals surface area contributed by atoms with Crippen molar-refractivity contribution < 1.29 is 19.1 Å². The van der Waals surface area contributed by atoms with Crippen LogP contribution in [0, 0.1) is 5.92 Å². The number of likely N-dealkylation sites (tertiary alicyclic amines) is 1. The molecule has 1 aromatic rings. The van der Waals surface area contributed by atoms with E-state index in [1.54, 1.807) is 29.7 Å². The highest BCUT2D eigenvalue weighted by atomic mass is 16.5. The molecule has 0 radical (unpaired) electrons. The quantitative estimate of drug-likeness (QED) is 0.770. The molecule has 0 atom stereocenters. The fraction of sp³-hybridized carbons (Fsp3) is 0.643. The van der Waals surface area contributed by atoms with Crippen molar-refractivity contribution in [3.05, 3.63) is 11.8 Å². The third kappa shape index (κ3) is 3.34. The first kappa shape index (κ1) is 15.3. The zero-order valence-corrected chi connectivity index (χ0v) is 12.7. The van der Waals surface area contributed by atoms with Crippen molar-refractivity contribution in [1.29, 1.82) is 0 Å². The van der Waals surface area contributed by atoms with E-state index in [1.807, 2.05) is 0 Å². The molecule has 1 aromatic heterocycles. The van der Waals surface area contributed by atoms with Gasteiger partial charge in [0, 0.05) is 26.3 Å². The number of carbonyl (C=O) groups is 2. The van der Waals surface area contributed by atoms with Crippen LogP contribution >= 0.6 is 0 Å². The number of esters is 1. The molecule has 1 fully saturated rings. The van der Waals surface area contributed by atoms with Gasteiger partial charge in [-0.15, -0.1) is 5.10 Å². The number of methoxy groups -OCH3 is 1. The van der Waals surface area contributed by atoms with E-state index in [4.69, 9.17) is 9.47 Å². The smallest absolute Gasteiger partial charge is 0.309 e. The number of ether oxygens (including phenoxy) is 2. The Labute approximate surface area is 123 Å². The van der Waals surface area contributed by atoms with Gasteiger partial charge in [-0.2, -0.15) is 0 Å². The summed E-state index contributed by atoms with van der Waals surface area (Å²) in [5, 5.41) is 4.09. The van der Waals surface area contributed by atoms with Crippen molar-refractivity contribution in [2.24, 2.45) is 13.0 Å². The van der Waals surface area contributed by atoms with E-state index in [0.717, 1.165) is 0 Å². The van der Waals surface area contributed by atoms with E-state index in [1.165, 1.54) is 7.11 Å². The van der Waals surface area contributed by atoms with Crippen molar-refractivity contribution in [3.8, 4) is 5.88 Å². The van der Waals surface area contributed by atoms with Gasteiger partial charge in [0.15, 0.2) is 0 Å². The Kier molecular flexibility index (Phi) is 4.82. The number of aromatic nitrogens is 2. The van der Waals surface area contributed by atoms with Gasteiger partial charge in [0.2, 0.25) is 5.88 Å². The molecular formula is C14H21N3O4. The minimum Gasteiger partial charge on any atom is -0.479 e. The largest absolute Gasteiger partial charge is 0.479 e. The molecule has 21 heavy (non-hydrogen) atoms. The summed E-state index contributed by atoms with van der Waals surface area (Å²) in [5.74, 6) is -0.0503. The fourth-order valence-corrected chi connectivity index (χ4v) is 2.51. The van der Waals surface area contributed by atoms with Crippen molar-refractivity contribution >= 4 is 11.9 Å². The van der Waals surface area contributed by atoms with E-state index in [0.29, 0.717) is 44.0 Å². The second kappa shape index (κ2) is 6.60. The van der Waals surface area contributed by atoms with Crippen LogP contribution in [0.5, 0.6) is 5.88 Å². The van der Waals surface area contributed by atoms with Crippen LogP contribution in [0.1, 0.15) is 30.1 Å². The first-order chi connectivity index (χ1) is 10.1. The van der Waals surface area contributed by atoms with Gasteiger partial charge in [-0.05, 0) is 19.8 Å². The van der Waals surface area contributed by atoms with Crippen molar-refractivity contribution in [2.75, 3.05) is 26.8 Å². The number of nitrogens with zero attached hydrogens (tertiary/aromatic N) is 3. The number of hydrogen-bond donors (Lipinski definition) is 0. The Bertz CT molecular complexity index is 518. The maximum atomic E-state index is 12.5. The van der Waals surface area contributed by atoms with Crippen LogP contribution in [-0.4, -0.2) is 53.4 Å². The molecule has 7 nitrogen and oxygen atoms in total. The summed E-state index contributed by atoms with van der Waals surface area (Å²) >= 11 is 0. The SMILES string of the molecule is CCOC(=O)C1CCN(C(=O)c2cn(C)nc2OC)CC1. The Morgan fingerprint density at radius 3 is 2.62 bits per heavy atom. The molecule has 2 rings (SSSR count). The number of carbonyl (C=O) groups excluding carboxylic acids is 2. The highest BCUT2D eigenvalue weighted by Gasteiger charge is 2.30. The second-order valence-corrected chi connectivity index (χ2v) is 5.04. The molecule has 0 bridgehead atoms. The lowest BCUT2D eigenvalue weighted by molar-refractivity contribution is -0.149. The van der Waals surface area contributed by atoms with E-state index in [9.17, 15) is 9.59 Å². The van der Waals surface area contributed by atoms with Crippen LogP contribution < -0.4 is 4.74 Å². The summed E-state index contributed by atoms with van der Waals surface area (Å²) in [5.41, 5.74) is 0.453. The molecule has 1 aliphatic rings. The van der Waals surface area contributed by atoms with E-state index in [-0.39, 0.29) is 17.8 Å². The maximum Gasteiger partial charge on any atom is 0.309 e. The summed E-state index contributed by atoms with van der Waals surface area (Å²) in [6.45, 7) is 3.27. The molecule has 1 aliphatic heterocycles. The summed E-state index contributed by atoms with van der Waals surface area (Å²) in [7, 11) is 3.23. The molecule has 1 saturated heterocycles. The number of amides is 1. The number of piperidine rings is 1. The van der Waals surface area contributed by atoms with Gasteiger partial charge in [-0.3, -0.25) is 14.3 Å². The molecule has 0 spiro atoms. The van der Waals surface area contributed by atoms with Crippen LogP contribution in [0.2, 0.25) is 0 Å². The molecule has 0 unspecified atom stereocenters. The predicted molar refractivity (Wildman–Crippen MR) is 75.0 cm³/mol. The minimum atomic E-state index is -0.163. The molecule has 1 amide bonds. The van der Waals surface area contributed by atoms with Crippen LogP contribution in [0.25, 0.3) is 0 Å².